The molecule has 2 N–H and O–H groups in total. The fourth-order valence-corrected chi connectivity index (χ4v) is 3.48. The van der Waals surface area contributed by atoms with Crippen molar-refractivity contribution >= 4 is 17.8 Å². The molecule has 25 heavy (non-hydrogen) atoms. The molecule has 3 rings (SSSR count). The van der Waals surface area contributed by atoms with Gasteiger partial charge in [0.05, 0.1) is 19.6 Å². The van der Waals surface area contributed by atoms with E-state index in [1.165, 1.54) is 4.90 Å². The lowest BCUT2D eigenvalue weighted by atomic mass is 10.0. The van der Waals surface area contributed by atoms with E-state index in [2.05, 4.69) is 5.32 Å². The molecule has 7 nitrogen and oxygen atoms in total. The van der Waals surface area contributed by atoms with Crippen molar-refractivity contribution in [1.29, 1.82) is 0 Å². The number of amides is 2. The zero-order chi connectivity index (χ0) is 18.0. The summed E-state index contributed by atoms with van der Waals surface area (Å²) in [5, 5.41) is 11.8. The lowest BCUT2D eigenvalue weighted by Crippen LogP contribution is -2.47. The monoisotopic (exact) mass is 346 g/mol. The van der Waals surface area contributed by atoms with E-state index in [4.69, 9.17) is 4.74 Å². The number of carbonyl (C=O) groups is 3. The first-order chi connectivity index (χ1) is 11.9. The summed E-state index contributed by atoms with van der Waals surface area (Å²) in [6, 6.07) is 8.36. The average Bonchev–Trinajstić information content (AvgIpc) is 3.14. The summed E-state index contributed by atoms with van der Waals surface area (Å²) in [5.41, 5.74) is -0.0771. The number of benzene rings is 1. The molecule has 0 aromatic heterocycles. The Morgan fingerprint density at radius 2 is 2.00 bits per heavy atom. The maximum absolute atomic E-state index is 12.4. The summed E-state index contributed by atoms with van der Waals surface area (Å²) in [7, 11) is 0. The summed E-state index contributed by atoms with van der Waals surface area (Å²) in [4.78, 5) is 37.0. The standard InChI is InChI=1S/C18H22N2O5/c1-18-9-13(17(23)24)20(14(18)10-18)16(22)11-19-15(21)7-8-25-12-5-3-2-4-6-12/h2-6,13-14H,7-11H2,1H3,(H,19,21)(H,23,24)/t13-,14-,18+/m0/s1. The highest BCUT2D eigenvalue weighted by molar-refractivity contribution is 5.89. The van der Waals surface area contributed by atoms with Crippen LogP contribution in [0.5, 0.6) is 5.75 Å². The summed E-state index contributed by atoms with van der Waals surface area (Å²) in [6.45, 7) is 2.03. The minimum atomic E-state index is -0.982. The van der Waals surface area contributed by atoms with Gasteiger partial charge in [0.1, 0.15) is 11.8 Å². The van der Waals surface area contributed by atoms with Gasteiger partial charge in [0.25, 0.3) is 0 Å². The number of carbonyl (C=O) groups excluding carboxylic acids is 2. The van der Waals surface area contributed by atoms with Gasteiger partial charge < -0.3 is 20.1 Å². The van der Waals surface area contributed by atoms with E-state index >= 15 is 0 Å². The first kappa shape index (κ1) is 17.3. The molecule has 1 aliphatic carbocycles. The Morgan fingerprint density at radius 1 is 1.28 bits per heavy atom. The molecule has 1 aromatic rings. The van der Waals surface area contributed by atoms with Crippen molar-refractivity contribution in [3.05, 3.63) is 30.3 Å². The lowest BCUT2D eigenvalue weighted by molar-refractivity contribution is -0.149. The zero-order valence-corrected chi connectivity index (χ0v) is 14.1. The normalized spacial score (nSPS) is 26.7. The fraction of sp³-hybridized carbons (Fsp3) is 0.500. The number of fused-ring (bicyclic) bond motifs is 1. The maximum atomic E-state index is 12.4. The Labute approximate surface area is 146 Å². The molecule has 2 fully saturated rings. The number of carboxylic acids is 1. The third-order valence-electron chi connectivity index (χ3n) is 4.99. The van der Waals surface area contributed by atoms with Gasteiger partial charge in [-0.2, -0.15) is 0 Å². The average molecular weight is 346 g/mol. The number of ether oxygens (including phenoxy) is 1. The molecular weight excluding hydrogens is 324 g/mol. The van der Waals surface area contributed by atoms with Crippen LogP contribution >= 0.6 is 0 Å². The van der Waals surface area contributed by atoms with Crippen LogP contribution in [0.1, 0.15) is 26.2 Å². The minimum absolute atomic E-state index is 0.0144. The van der Waals surface area contributed by atoms with Gasteiger partial charge >= 0.3 is 5.97 Å². The van der Waals surface area contributed by atoms with Gasteiger partial charge in [-0.1, -0.05) is 25.1 Å². The number of piperidine rings is 1. The first-order valence-electron chi connectivity index (χ1n) is 8.39. The van der Waals surface area contributed by atoms with Crippen LogP contribution in [0.3, 0.4) is 0 Å². The molecule has 1 saturated carbocycles. The van der Waals surface area contributed by atoms with Crippen molar-refractivity contribution in [2.75, 3.05) is 13.2 Å². The Bertz CT molecular complexity index is 677. The van der Waals surface area contributed by atoms with Crippen molar-refractivity contribution < 1.29 is 24.2 Å². The van der Waals surface area contributed by atoms with Gasteiger partial charge in [-0.25, -0.2) is 4.79 Å². The van der Waals surface area contributed by atoms with Crippen LogP contribution in [0, 0.1) is 5.41 Å². The van der Waals surface area contributed by atoms with Crippen molar-refractivity contribution in [3.8, 4) is 5.75 Å². The van der Waals surface area contributed by atoms with Crippen LogP contribution in [0.4, 0.5) is 0 Å². The number of carboxylic acid groups (broad SMARTS) is 1. The molecule has 3 atom stereocenters. The van der Waals surface area contributed by atoms with Gasteiger partial charge in [0.15, 0.2) is 0 Å². The Kier molecular flexibility index (Phi) is 4.65. The maximum Gasteiger partial charge on any atom is 0.326 e. The highest BCUT2D eigenvalue weighted by Gasteiger charge is 2.64. The largest absolute Gasteiger partial charge is 0.493 e. The molecule has 1 heterocycles. The predicted molar refractivity (Wildman–Crippen MR) is 89.0 cm³/mol. The number of para-hydroxylation sites is 1. The number of nitrogens with one attached hydrogen (secondary N) is 1. The molecule has 0 spiro atoms. The van der Waals surface area contributed by atoms with Crippen molar-refractivity contribution in [1.82, 2.24) is 10.2 Å². The molecule has 1 aliphatic heterocycles. The van der Waals surface area contributed by atoms with Gasteiger partial charge in [-0.05, 0) is 30.4 Å². The van der Waals surface area contributed by atoms with E-state index < -0.39 is 12.0 Å². The number of nitrogens with zero attached hydrogens (tertiary/aromatic N) is 1. The fourth-order valence-electron chi connectivity index (χ4n) is 3.48. The third kappa shape index (κ3) is 3.75. The van der Waals surface area contributed by atoms with Crippen molar-refractivity contribution in [2.24, 2.45) is 5.41 Å². The quantitative estimate of drug-likeness (QED) is 0.769. The van der Waals surface area contributed by atoms with E-state index in [-0.39, 0.29) is 42.8 Å². The molecule has 0 radical (unpaired) electrons. The van der Waals surface area contributed by atoms with Gasteiger partial charge in [0.2, 0.25) is 11.8 Å². The van der Waals surface area contributed by atoms with Crippen molar-refractivity contribution in [3.63, 3.8) is 0 Å². The predicted octanol–water partition coefficient (Wildman–Crippen LogP) is 1.04. The van der Waals surface area contributed by atoms with E-state index in [0.29, 0.717) is 12.2 Å². The number of aliphatic carboxylic acids is 1. The number of rotatable bonds is 7. The molecular formula is C18H22N2O5. The van der Waals surface area contributed by atoms with E-state index in [9.17, 15) is 19.5 Å². The van der Waals surface area contributed by atoms with Gasteiger partial charge in [0, 0.05) is 6.04 Å². The van der Waals surface area contributed by atoms with Crippen molar-refractivity contribution in [2.45, 2.75) is 38.3 Å². The smallest absolute Gasteiger partial charge is 0.326 e. The summed E-state index contributed by atoms with van der Waals surface area (Å²) < 4.78 is 5.43. The summed E-state index contributed by atoms with van der Waals surface area (Å²) in [6.07, 6.45) is 1.45. The Balaban J connectivity index is 1.42. The molecule has 2 aliphatic rings. The molecule has 0 unspecified atom stereocenters. The van der Waals surface area contributed by atoms with Crippen LogP contribution in [0.2, 0.25) is 0 Å². The van der Waals surface area contributed by atoms with E-state index in [0.717, 1.165) is 6.42 Å². The number of hydrogen-bond acceptors (Lipinski definition) is 4. The minimum Gasteiger partial charge on any atom is -0.493 e. The van der Waals surface area contributed by atoms with Crippen LogP contribution in [-0.2, 0) is 14.4 Å². The highest BCUT2D eigenvalue weighted by atomic mass is 16.5. The van der Waals surface area contributed by atoms with Crippen LogP contribution in [-0.4, -0.2) is 53.0 Å². The topological polar surface area (TPSA) is 95.9 Å². The van der Waals surface area contributed by atoms with Gasteiger partial charge in [-0.3, -0.25) is 9.59 Å². The van der Waals surface area contributed by atoms with E-state index in [1.54, 1.807) is 12.1 Å². The number of likely N-dealkylation sites (tertiary alicyclic amines) is 1. The second-order valence-corrected chi connectivity index (χ2v) is 6.92. The Morgan fingerprint density at radius 3 is 2.68 bits per heavy atom. The van der Waals surface area contributed by atoms with Crippen LogP contribution < -0.4 is 10.1 Å². The zero-order valence-electron chi connectivity index (χ0n) is 14.1. The first-order valence-corrected chi connectivity index (χ1v) is 8.39. The molecule has 1 saturated heterocycles. The second kappa shape index (κ2) is 6.74. The van der Waals surface area contributed by atoms with Gasteiger partial charge in [-0.15, -0.1) is 0 Å². The summed E-state index contributed by atoms with van der Waals surface area (Å²) >= 11 is 0. The molecule has 0 bridgehead atoms. The molecule has 134 valence electrons. The molecule has 1 aromatic carbocycles. The van der Waals surface area contributed by atoms with E-state index in [1.807, 2.05) is 25.1 Å². The molecule has 2 amide bonds. The van der Waals surface area contributed by atoms with Crippen LogP contribution in [0.25, 0.3) is 0 Å². The second-order valence-electron chi connectivity index (χ2n) is 6.92. The lowest BCUT2D eigenvalue weighted by Gasteiger charge is -2.24. The molecule has 7 heteroatoms. The number of hydrogen-bond donors (Lipinski definition) is 2. The summed E-state index contributed by atoms with van der Waals surface area (Å²) in [5.74, 6) is -0.935. The SMILES string of the molecule is C[C@@]12C[C@@H]1N(C(=O)CNC(=O)CCOc1ccccc1)[C@H](C(=O)O)C2. The highest BCUT2D eigenvalue weighted by Crippen LogP contribution is 2.59. The third-order valence-corrected chi connectivity index (χ3v) is 4.99. The van der Waals surface area contributed by atoms with Crippen LogP contribution in [0.15, 0.2) is 30.3 Å². The Hall–Kier alpha value is -2.57.